The van der Waals surface area contributed by atoms with Gasteiger partial charge < -0.3 is 25.2 Å². The van der Waals surface area contributed by atoms with E-state index < -0.39 is 12.1 Å². The average Bonchev–Trinajstić information content (AvgIpc) is 2.82. The summed E-state index contributed by atoms with van der Waals surface area (Å²) in [6.45, 7) is 12.4. The van der Waals surface area contributed by atoms with Gasteiger partial charge in [0.25, 0.3) is 0 Å². The van der Waals surface area contributed by atoms with Crippen LogP contribution >= 0.6 is 0 Å². The molecule has 0 amide bonds. The number of hydrogen-bond donors (Lipinski definition) is 0. The maximum atomic E-state index is 10.1. The van der Waals surface area contributed by atoms with Gasteiger partial charge in [-0.25, -0.2) is 0 Å². The van der Waals surface area contributed by atoms with Gasteiger partial charge in [0.1, 0.15) is 0 Å². The summed E-state index contributed by atoms with van der Waals surface area (Å²) in [6.07, 6.45) is 25.6. The summed E-state index contributed by atoms with van der Waals surface area (Å²) < 4.78 is 0. The summed E-state index contributed by atoms with van der Waals surface area (Å²) in [7, 11) is 0. The summed E-state index contributed by atoms with van der Waals surface area (Å²) >= 11 is 0. The molecule has 0 aromatic rings. The van der Waals surface area contributed by atoms with E-state index in [0.29, 0.717) is 0 Å². The Labute approximate surface area is 246 Å². The number of unbranched alkanes of at least 4 members (excludes halogenated alkanes) is 18. The van der Waals surface area contributed by atoms with Gasteiger partial charge in [-0.05, 0) is 12.5 Å². The Bertz CT molecular complexity index is 346. The fourth-order valence-corrected chi connectivity index (χ4v) is 3.18. The zero-order valence-electron chi connectivity index (χ0n) is 25.4. The quantitative estimate of drug-likeness (QED) is 0.103. The molecule has 0 aromatic carbocycles. The summed E-state index contributed by atoms with van der Waals surface area (Å²) in [5, 5.41) is 39.3. The van der Waals surface area contributed by atoms with Crippen LogP contribution in [-0.2, 0) is 26.5 Å². The van der Waals surface area contributed by atoms with Crippen LogP contribution in [0.2, 0.25) is 0 Å². The Kier molecular flexibility index (Phi) is 57.6. The van der Waals surface area contributed by atoms with Crippen LogP contribution in [0.1, 0.15) is 163 Å². The van der Waals surface area contributed by atoms with Crippen LogP contribution in [0.3, 0.4) is 0 Å². The summed E-state index contributed by atoms with van der Waals surface area (Å²) in [5.74, 6) is -1.19. The fourth-order valence-electron chi connectivity index (χ4n) is 3.18. The summed E-state index contributed by atoms with van der Waals surface area (Å²) in [5.41, 5.74) is 0.0648. The van der Waals surface area contributed by atoms with Gasteiger partial charge in [0.05, 0.1) is 5.97 Å². The van der Waals surface area contributed by atoms with Crippen molar-refractivity contribution in [1.29, 1.82) is 0 Å². The molecule has 0 saturated heterocycles. The standard InChI is InChI=1S/2C12H25O.C4H6O2.C3H7O.Ti/c2*1-2-3-4-5-6-7-8-9-10-11-12-13;1-3(2)4(5)6;1-3(2)4;/h2*2-12H2,1H3;1H2,2H3,(H,5,6);3H,1-2H3;/q2*-1;;-1;+4/p-1. The van der Waals surface area contributed by atoms with E-state index in [2.05, 4.69) is 20.4 Å². The molecule has 0 unspecified atom stereocenters. The molecule has 0 bridgehead atoms. The summed E-state index contributed by atoms with van der Waals surface area (Å²) in [4.78, 5) is 9.49. The first-order valence-corrected chi connectivity index (χ1v) is 14.9. The van der Waals surface area contributed by atoms with E-state index >= 15 is 0 Å². The van der Waals surface area contributed by atoms with Crippen molar-refractivity contribution in [2.75, 3.05) is 13.2 Å². The van der Waals surface area contributed by atoms with Crippen molar-refractivity contribution in [3.8, 4) is 0 Å². The molecule has 0 fully saturated rings. The third kappa shape index (κ3) is 72.2. The minimum absolute atomic E-state index is 0. The van der Waals surface area contributed by atoms with Crippen molar-refractivity contribution >= 4 is 5.97 Å². The minimum Gasteiger partial charge on any atom is -0.854 e. The van der Waals surface area contributed by atoms with Crippen LogP contribution in [-0.4, -0.2) is 25.3 Å². The molecule has 0 aliphatic heterocycles. The molecule has 37 heavy (non-hydrogen) atoms. The first-order valence-electron chi connectivity index (χ1n) is 14.9. The molecule has 0 saturated carbocycles. The van der Waals surface area contributed by atoms with Crippen molar-refractivity contribution in [2.45, 2.75) is 169 Å². The molecular formula is C31H62O5Ti. The second-order valence-corrected chi connectivity index (χ2v) is 9.89. The average molecular weight is 563 g/mol. The molecule has 0 radical (unpaired) electrons. The predicted octanol–water partition coefficient (Wildman–Crippen LogP) is 5.60. The number of hydrogen-bond acceptors (Lipinski definition) is 5. The van der Waals surface area contributed by atoms with E-state index in [1.54, 1.807) is 13.8 Å². The molecule has 5 nitrogen and oxygen atoms in total. The van der Waals surface area contributed by atoms with Gasteiger partial charge in [-0.15, -0.1) is 19.3 Å². The number of rotatable bonds is 21. The van der Waals surface area contributed by atoms with Crippen molar-refractivity contribution in [1.82, 2.24) is 0 Å². The van der Waals surface area contributed by atoms with Gasteiger partial charge >= 0.3 is 21.7 Å². The molecule has 0 aromatic heterocycles. The Balaban J connectivity index is -0.000000134. The molecular weight excluding hydrogens is 500 g/mol. The largest absolute Gasteiger partial charge is 4.00 e. The second-order valence-electron chi connectivity index (χ2n) is 9.89. The first-order chi connectivity index (χ1) is 17.2. The van der Waals surface area contributed by atoms with Gasteiger partial charge in [0.2, 0.25) is 0 Å². The number of carboxylic acids is 1. The third-order valence-electron chi connectivity index (χ3n) is 5.34. The topological polar surface area (TPSA) is 109 Å². The van der Waals surface area contributed by atoms with Crippen LogP contribution in [0.25, 0.3) is 0 Å². The molecule has 0 atom stereocenters. The monoisotopic (exact) mass is 562 g/mol. The molecule has 220 valence electrons. The van der Waals surface area contributed by atoms with E-state index in [4.69, 9.17) is 0 Å². The van der Waals surface area contributed by atoms with Gasteiger partial charge in [0.15, 0.2) is 0 Å². The maximum absolute atomic E-state index is 10.1. The molecule has 0 spiro atoms. The van der Waals surface area contributed by atoms with E-state index in [1.165, 1.54) is 110 Å². The zero-order valence-corrected chi connectivity index (χ0v) is 26.9. The molecule has 0 aliphatic carbocycles. The zero-order chi connectivity index (χ0) is 28.3. The number of carboxylic acid groups (broad SMARTS) is 1. The fraction of sp³-hybridized carbons (Fsp3) is 0.903. The minimum atomic E-state index is -1.19. The molecule has 0 aliphatic rings. The van der Waals surface area contributed by atoms with Gasteiger partial charge in [-0.3, -0.25) is 0 Å². The number of carbonyl (C=O) groups is 1. The van der Waals surface area contributed by atoms with Gasteiger partial charge in [-0.2, -0.15) is 0 Å². The number of aliphatic carboxylic acids is 1. The number of carbonyl (C=O) groups excluding carboxylic acids is 1. The Morgan fingerprint density at radius 3 is 0.892 bits per heavy atom. The second kappa shape index (κ2) is 45.7. The van der Waals surface area contributed by atoms with Crippen molar-refractivity contribution in [2.24, 2.45) is 0 Å². The van der Waals surface area contributed by atoms with E-state index in [9.17, 15) is 25.2 Å². The Morgan fingerprint density at radius 1 is 0.595 bits per heavy atom. The smallest absolute Gasteiger partial charge is 0.854 e. The van der Waals surface area contributed by atoms with Crippen molar-refractivity contribution < 1.29 is 46.9 Å². The van der Waals surface area contributed by atoms with Crippen LogP contribution in [0.5, 0.6) is 0 Å². The molecule has 0 rings (SSSR count). The van der Waals surface area contributed by atoms with E-state index in [0.717, 1.165) is 25.7 Å². The van der Waals surface area contributed by atoms with Crippen LogP contribution in [0.15, 0.2) is 12.2 Å². The molecule has 6 heteroatoms. The first kappa shape index (κ1) is 46.6. The maximum Gasteiger partial charge on any atom is 4.00 e. The van der Waals surface area contributed by atoms with Gasteiger partial charge in [0, 0.05) is 0 Å². The van der Waals surface area contributed by atoms with E-state index in [-0.39, 0.29) is 40.5 Å². The normalized spacial score (nSPS) is 9.65. The van der Waals surface area contributed by atoms with Crippen LogP contribution < -0.4 is 20.4 Å². The van der Waals surface area contributed by atoms with E-state index in [1.807, 2.05) is 0 Å². The van der Waals surface area contributed by atoms with Crippen LogP contribution in [0.4, 0.5) is 0 Å². The van der Waals surface area contributed by atoms with Crippen LogP contribution in [0, 0.1) is 0 Å². The van der Waals surface area contributed by atoms with Crippen molar-refractivity contribution in [3.05, 3.63) is 12.2 Å². The predicted molar refractivity (Wildman–Crippen MR) is 148 cm³/mol. The van der Waals surface area contributed by atoms with Gasteiger partial charge in [-0.1, -0.05) is 163 Å². The SMILES string of the molecule is C=C(C)C(=O)[O-].CC(C)[O-].CCCCCCCCCCCC[O-].CCCCCCCCCCCC[O-].[Ti+4]. The summed E-state index contributed by atoms with van der Waals surface area (Å²) in [6, 6.07) is 0. The Hall–Kier alpha value is -0.196. The Morgan fingerprint density at radius 2 is 0.757 bits per heavy atom. The third-order valence-corrected chi connectivity index (χ3v) is 5.34. The molecule has 0 N–H and O–H groups in total. The van der Waals surface area contributed by atoms with Crippen molar-refractivity contribution in [3.63, 3.8) is 0 Å². The molecule has 0 heterocycles.